The largest absolute Gasteiger partial charge is 0.393 e. The number of aliphatic hydroxyl groups is 3. The summed E-state index contributed by atoms with van der Waals surface area (Å²) in [7, 11) is 0. The zero-order chi connectivity index (χ0) is 22.7. The van der Waals surface area contributed by atoms with E-state index in [1.54, 1.807) is 0 Å². The van der Waals surface area contributed by atoms with E-state index >= 15 is 0 Å². The van der Waals surface area contributed by atoms with Gasteiger partial charge in [0.2, 0.25) is 0 Å². The topological polar surface area (TPSA) is 79.2 Å². The van der Waals surface area contributed by atoms with Gasteiger partial charge in [-0.3, -0.25) is 0 Å². The second-order valence-electron chi connectivity index (χ2n) is 13.3. The molecule has 32 heavy (non-hydrogen) atoms. The molecule has 2 heterocycles. The van der Waals surface area contributed by atoms with Crippen LogP contribution in [-0.2, 0) is 9.47 Å². The quantitative estimate of drug-likeness (QED) is 0.524. The fraction of sp³-hybridized carbons (Fsp3) is 1.00. The smallest absolute Gasteiger partial charge is 0.174 e. The predicted octanol–water partition coefficient (Wildman–Crippen LogP) is 3.88. The normalized spacial score (nSPS) is 64.0. The van der Waals surface area contributed by atoms with Crippen molar-refractivity contribution in [2.24, 2.45) is 46.3 Å². The van der Waals surface area contributed by atoms with E-state index in [-0.39, 0.29) is 29.0 Å². The first-order valence-electron chi connectivity index (χ1n) is 13.5. The van der Waals surface area contributed by atoms with Gasteiger partial charge in [0, 0.05) is 17.8 Å². The molecule has 2 saturated heterocycles. The molecule has 0 amide bonds. The third-order valence-corrected chi connectivity index (χ3v) is 12.3. The highest BCUT2D eigenvalue weighted by Gasteiger charge is 2.76. The van der Waals surface area contributed by atoms with Gasteiger partial charge in [-0.1, -0.05) is 27.7 Å². The van der Waals surface area contributed by atoms with Crippen LogP contribution in [0.25, 0.3) is 0 Å². The molecule has 6 aliphatic rings. The van der Waals surface area contributed by atoms with Gasteiger partial charge in [-0.25, -0.2) is 0 Å². The van der Waals surface area contributed by atoms with Gasteiger partial charge in [0.25, 0.3) is 0 Å². The van der Waals surface area contributed by atoms with Crippen molar-refractivity contribution < 1.29 is 24.8 Å². The molecule has 0 radical (unpaired) electrons. The minimum atomic E-state index is -0.845. The monoisotopic (exact) mass is 448 g/mol. The molecule has 2 aliphatic heterocycles. The van der Waals surface area contributed by atoms with Crippen LogP contribution in [0.5, 0.6) is 0 Å². The Kier molecular flexibility index (Phi) is 4.83. The molecule has 182 valence electrons. The van der Waals surface area contributed by atoms with E-state index in [0.29, 0.717) is 36.0 Å². The van der Waals surface area contributed by atoms with E-state index in [4.69, 9.17) is 9.47 Å². The first kappa shape index (κ1) is 22.3. The fourth-order valence-electron chi connectivity index (χ4n) is 10.2. The van der Waals surface area contributed by atoms with Crippen molar-refractivity contribution in [2.45, 2.75) is 115 Å². The van der Waals surface area contributed by atoms with Crippen LogP contribution < -0.4 is 0 Å². The van der Waals surface area contributed by atoms with Crippen LogP contribution in [0.2, 0.25) is 0 Å². The Morgan fingerprint density at radius 3 is 2.38 bits per heavy atom. The Morgan fingerprint density at radius 2 is 1.66 bits per heavy atom. The molecule has 6 fully saturated rings. The average Bonchev–Trinajstić information content (AvgIpc) is 3.10. The summed E-state index contributed by atoms with van der Waals surface area (Å²) < 4.78 is 13.1. The highest BCUT2D eigenvalue weighted by molar-refractivity contribution is 5.23. The Balaban J connectivity index is 1.31. The molecule has 4 aliphatic carbocycles. The number of rotatable bonds is 0. The van der Waals surface area contributed by atoms with E-state index < -0.39 is 17.5 Å². The summed E-state index contributed by atoms with van der Waals surface area (Å²) in [5, 5.41) is 33.9. The summed E-state index contributed by atoms with van der Waals surface area (Å²) in [5.41, 5.74) is -1.13. The van der Waals surface area contributed by atoms with E-state index in [2.05, 4.69) is 27.7 Å². The average molecular weight is 449 g/mol. The number of aliphatic hydroxyl groups excluding tert-OH is 2. The maximum atomic E-state index is 12.4. The molecular formula is C27H44O5. The first-order chi connectivity index (χ1) is 15.1. The highest BCUT2D eigenvalue weighted by Crippen LogP contribution is 2.72. The van der Waals surface area contributed by atoms with E-state index in [9.17, 15) is 15.3 Å². The SMILES string of the molecule is C[C@H]1CC[C@@]2(OC1)O[C@H]1C[C@H]3[C@@H]4CC[C@@H]5C[C@@H](O)C[C@@H](O)[C@]5(C)[C@H]4CC[C@]3(C)[C@@]1(O)[C@@H]2C. The summed E-state index contributed by atoms with van der Waals surface area (Å²) in [6.07, 6.45) is 7.61. The molecule has 13 atom stereocenters. The molecule has 5 heteroatoms. The van der Waals surface area contributed by atoms with Crippen LogP contribution in [0.3, 0.4) is 0 Å². The molecular weight excluding hydrogens is 404 g/mol. The molecule has 0 aromatic heterocycles. The summed E-state index contributed by atoms with van der Waals surface area (Å²) in [5.74, 6) is 1.75. The van der Waals surface area contributed by atoms with Gasteiger partial charge in [-0.05, 0) is 86.4 Å². The lowest BCUT2D eigenvalue weighted by atomic mass is 9.43. The molecule has 3 N–H and O–H groups in total. The minimum absolute atomic E-state index is 0.0265. The summed E-state index contributed by atoms with van der Waals surface area (Å²) >= 11 is 0. The Hall–Kier alpha value is -0.200. The fourth-order valence-corrected chi connectivity index (χ4v) is 10.2. The van der Waals surface area contributed by atoms with Crippen LogP contribution >= 0.6 is 0 Å². The molecule has 1 spiro atoms. The number of fused-ring (bicyclic) bond motifs is 7. The summed E-state index contributed by atoms with van der Waals surface area (Å²) in [4.78, 5) is 0. The number of hydrogen-bond donors (Lipinski definition) is 3. The van der Waals surface area contributed by atoms with Crippen molar-refractivity contribution in [2.75, 3.05) is 6.61 Å². The van der Waals surface area contributed by atoms with E-state index in [0.717, 1.165) is 58.0 Å². The lowest BCUT2D eigenvalue weighted by Gasteiger charge is -2.63. The molecule has 4 saturated carbocycles. The zero-order valence-corrected chi connectivity index (χ0v) is 20.4. The lowest BCUT2D eigenvalue weighted by Crippen LogP contribution is -2.62. The van der Waals surface area contributed by atoms with Crippen LogP contribution in [0.1, 0.15) is 85.5 Å². The van der Waals surface area contributed by atoms with Gasteiger partial charge in [0.15, 0.2) is 5.79 Å². The lowest BCUT2D eigenvalue weighted by molar-refractivity contribution is -0.275. The molecule has 6 rings (SSSR count). The Morgan fingerprint density at radius 1 is 0.875 bits per heavy atom. The van der Waals surface area contributed by atoms with Crippen LogP contribution in [0, 0.1) is 46.3 Å². The molecule has 0 aromatic carbocycles. The Bertz CT molecular complexity index is 763. The van der Waals surface area contributed by atoms with Gasteiger partial charge >= 0.3 is 0 Å². The minimum Gasteiger partial charge on any atom is -0.393 e. The van der Waals surface area contributed by atoms with E-state index in [1.165, 1.54) is 0 Å². The van der Waals surface area contributed by atoms with Gasteiger partial charge in [0.05, 0.1) is 24.9 Å². The first-order valence-corrected chi connectivity index (χ1v) is 13.5. The third kappa shape index (κ3) is 2.53. The highest BCUT2D eigenvalue weighted by atomic mass is 16.7. The van der Waals surface area contributed by atoms with Crippen LogP contribution in [0.15, 0.2) is 0 Å². The third-order valence-electron chi connectivity index (χ3n) is 12.3. The Labute approximate surface area is 193 Å². The predicted molar refractivity (Wildman–Crippen MR) is 121 cm³/mol. The van der Waals surface area contributed by atoms with Gasteiger partial charge in [-0.2, -0.15) is 0 Å². The van der Waals surface area contributed by atoms with Crippen molar-refractivity contribution in [3.8, 4) is 0 Å². The maximum Gasteiger partial charge on any atom is 0.174 e. The van der Waals surface area contributed by atoms with Gasteiger partial charge in [0.1, 0.15) is 5.60 Å². The zero-order valence-electron chi connectivity index (χ0n) is 20.4. The van der Waals surface area contributed by atoms with Gasteiger partial charge in [-0.15, -0.1) is 0 Å². The number of hydrogen-bond acceptors (Lipinski definition) is 5. The van der Waals surface area contributed by atoms with E-state index in [1.807, 2.05) is 0 Å². The summed E-state index contributed by atoms with van der Waals surface area (Å²) in [6, 6.07) is 0. The molecule has 0 aromatic rings. The van der Waals surface area contributed by atoms with Gasteiger partial charge < -0.3 is 24.8 Å². The molecule has 0 unspecified atom stereocenters. The summed E-state index contributed by atoms with van der Waals surface area (Å²) in [6.45, 7) is 9.79. The van der Waals surface area contributed by atoms with Crippen molar-refractivity contribution in [3.05, 3.63) is 0 Å². The second kappa shape index (κ2) is 6.94. The van der Waals surface area contributed by atoms with Crippen LogP contribution in [0.4, 0.5) is 0 Å². The van der Waals surface area contributed by atoms with Crippen LogP contribution in [-0.4, -0.2) is 51.6 Å². The number of ether oxygens (including phenoxy) is 2. The maximum absolute atomic E-state index is 12.4. The second-order valence-corrected chi connectivity index (χ2v) is 13.3. The van der Waals surface area contributed by atoms with Crippen molar-refractivity contribution in [1.82, 2.24) is 0 Å². The standard InChI is InChI=1S/C27H44O5/c1-15-7-10-26(31-14-15)16(2)27(30)23(32-26)13-21-19-6-5-17-11-18(28)12-22(29)25(17,4)20(19)8-9-24(21,27)3/h15-23,28-30H,5-14H2,1-4H3/t15-,16+,17+,18+,19+,20-,21-,22+,23-,24-,25-,26+,27+/m0/s1. The van der Waals surface area contributed by atoms with Crippen molar-refractivity contribution in [1.29, 1.82) is 0 Å². The van der Waals surface area contributed by atoms with Crippen molar-refractivity contribution >= 4 is 0 Å². The molecule has 5 nitrogen and oxygen atoms in total. The van der Waals surface area contributed by atoms with Crippen molar-refractivity contribution in [3.63, 3.8) is 0 Å². The molecule has 0 bridgehead atoms.